The molecular formula is C14H20N2O4. The number of ether oxygens (including phenoxy) is 2. The van der Waals surface area contributed by atoms with Gasteiger partial charge in [-0.15, -0.1) is 0 Å². The molecule has 2 unspecified atom stereocenters. The number of benzene rings is 1. The zero-order valence-corrected chi connectivity index (χ0v) is 12.2. The number of nitro groups is 1. The maximum absolute atomic E-state index is 10.9. The van der Waals surface area contributed by atoms with Crippen molar-refractivity contribution >= 4 is 11.4 Å². The number of nitro benzene ring substituents is 1. The molecule has 1 aliphatic rings. The normalized spacial score (nSPS) is 23.8. The summed E-state index contributed by atoms with van der Waals surface area (Å²) in [6, 6.07) is 4.93. The molecule has 1 N–H and O–H groups in total. The predicted octanol–water partition coefficient (Wildman–Crippen LogP) is 2.83. The fourth-order valence-electron chi connectivity index (χ4n) is 2.62. The molecule has 1 saturated carbocycles. The van der Waals surface area contributed by atoms with E-state index in [1.54, 1.807) is 13.2 Å². The van der Waals surface area contributed by atoms with Gasteiger partial charge >= 0.3 is 0 Å². The maximum Gasteiger partial charge on any atom is 0.275 e. The highest BCUT2D eigenvalue weighted by Gasteiger charge is 2.48. The summed E-state index contributed by atoms with van der Waals surface area (Å²) in [5.74, 6) is 0.474. The number of hydrogen-bond acceptors (Lipinski definition) is 5. The third-order valence-electron chi connectivity index (χ3n) is 4.14. The van der Waals surface area contributed by atoms with E-state index in [0.29, 0.717) is 11.4 Å². The zero-order valence-electron chi connectivity index (χ0n) is 12.2. The van der Waals surface area contributed by atoms with Crippen molar-refractivity contribution in [2.75, 3.05) is 19.5 Å². The third-order valence-corrected chi connectivity index (χ3v) is 4.14. The molecule has 0 spiro atoms. The first kappa shape index (κ1) is 14.6. The fraction of sp³-hybridized carbons (Fsp3) is 0.571. The Balaban J connectivity index is 2.18. The van der Waals surface area contributed by atoms with Crippen LogP contribution in [0.5, 0.6) is 5.75 Å². The Kier molecular flexibility index (Phi) is 3.85. The lowest BCUT2D eigenvalue weighted by Crippen LogP contribution is -2.57. The van der Waals surface area contributed by atoms with E-state index in [1.165, 1.54) is 19.2 Å². The van der Waals surface area contributed by atoms with Crippen LogP contribution < -0.4 is 10.1 Å². The SMILES string of the molecule is COc1cc(NC2CC(OC)C2(C)C)cc([N+](=O)[O-])c1. The molecule has 0 aromatic heterocycles. The Morgan fingerprint density at radius 2 is 2.05 bits per heavy atom. The number of nitrogens with one attached hydrogen (secondary N) is 1. The van der Waals surface area contributed by atoms with E-state index < -0.39 is 4.92 Å². The van der Waals surface area contributed by atoms with Gasteiger partial charge in [-0.25, -0.2) is 0 Å². The highest BCUT2D eigenvalue weighted by molar-refractivity contribution is 5.57. The molecule has 6 nitrogen and oxygen atoms in total. The van der Waals surface area contributed by atoms with Crippen LogP contribution >= 0.6 is 0 Å². The largest absolute Gasteiger partial charge is 0.496 e. The molecule has 20 heavy (non-hydrogen) atoms. The van der Waals surface area contributed by atoms with Gasteiger partial charge in [-0.05, 0) is 6.42 Å². The lowest BCUT2D eigenvalue weighted by molar-refractivity contribution is -0.384. The van der Waals surface area contributed by atoms with Crippen molar-refractivity contribution in [1.82, 2.24) is 0 Å². The molecular weight excluding hydrogens is 260 g/mol. The van der Waals surface area contributed by atoms with Crippen LogP contribution in [-0.2, 0) is 4.74 Å². The average Bonchev–Trinajstić information content (AvgIpc) is 2.42. The minimum atomic E-state index is -0.419. The van der Waals surface area contributed by atoms with Crippen LogP contribution in [0.1, 0.15) is 20.3 Å². The Morgan fingerprint density at radius 1 is 1.35 bits per heavy atom. The molecule has 0 heterocycles. The molecule has 0 radical (unpaired) electrons. The van der Waals surface area contributed by atoms with Crippen LogP contribution in [0.25, 0.3) is 0 Å². The first-order valence-electron chi connectivity index (χ1n) is 6.51. The van der Waals surface area contributed by atoms with Gasteiger partial charge in [0.1, 0.15) is 5.75 Å². The minimum absolute atomic E-state index is 0.00734. The van der Waals surface area contributed by atoms with Crippen LogP contribution in [0.4, 0.5) is 11.4 Å². The van der Waals surface area contributed by atoms with Crippen LogP contribution in [0.2, 0.25) is 0 Å². The van der Waals surface area contributed by atoms with Crippen molar-refractivity contribution in [3.05, 3.63) is 28.3 Å². The zero-order chi connectivity index (χ0) is 14.9. The molecule has 1 fully saturated rings. The molecule has 2 rings (SSSR count). The lowest BCUT2D eigenvalue weighted by Gasteiger charge is -2.51. The van der Waals surface area contributed by atoms with Gasteiger partial charge in [0.25, 0.3) is 5.69 Å². The molecule has 1 aromatic rings. The Morgan fingerprint density at radius 3 is 2.55 bits per heavy atom. The number of anilines is 1. The summed E-state index contributed by atoms with van der Waals surface area (Å²) in [4.78, 5) is 10.5. The molecule has 1 aliphatic carbocycles. The summed E-state index contributed by atoms with van der Waals surface area (Å²) in [5, 5.41) is 14.3. The second-order valence-corrected chi connectivity index (χ2v) is 5.66. The topological polar surface area (TPSA) is 73.6 Å². The Hall–Kier alpha value is -1.82. The number of methoxy groups -OCH3 is 2. The summed E-state index contributed by atoms with van der Waals surface area (Å²) in [5.41, 5.74) is 0.711. The summed E-state index contributed by atoms with van der Waals surface area (Å²) in [7, 11) is 3.20. The molecule has 0 amide bonds. The first-order valence-corrected chi connectivity index (χ1v) is 6.51. The lowest BCUT2D eigenvalue weighted by atomic mass is 9.64. The summed E-state index contributed by atoms with van der Waals surface area (Å²) in [6.07, 6.45) is 1.09. The number of non-ortho nitro benzene ring substituents is 1. The van der Waals surface area contributed by atoms with E-state index in [1.807, 2.05) is 0 Å². The standard InChI is InChI=1S/C14H20N2O4/c1-14(2)12(8-13(14)20-4)15-9-5-10(16(17)18)7-11(6-9)19-3/h5-7,12-13,15H,8H2,1-4H3. The quantitative estimate of drug-likeness (QED) is 0.663. The predicted molar refractivity (Wildman–Crippen MR) is 76.3 cm³/mol. The van der Waals surface area contributed by atoms with E-state index in [-0.39, 0.29) is 23.2 Å². The minimum Gasteiger partial charge on any atom is -0.496 e. The monoisotopic (exact) mass is 280 g/mol. The average molecular weight is 280 g/mol. The van der Waals surface area contributed by atoms with Crippen LogP contribution in [0, 0.1) is 15.5 Å². The van der Waals surface area contributed by atoms with Gasteiger partial charge in [0, 0.05) is 36.4 Å². The van der Waals surface area contributed by atoms with Crippen molar-refractivity contribution in [2.45, 2.75) is 32.4 Å². The van der Waals surface area contributed by atoms with Gasteiger partial charge in [-0.3, -0.25) is 10.1 Å². The van der Waals surface area contributed by atoms with E-state index >= 15 is 0 Å². The van der Waals surface area contributed by atoms with Crippen molar-refractivity contribution in [2.24, 2.45) is 5.41 Å². The number of nitrogens with zero attached hydrogens (tertiary/aromatic N) is 1. The summed E-state index contributed by atoms with van der Waals surface area (Å²) < 4.78 is 10.5. The molecule has 1 aromatic carbocycles. The Bertz CT molecular complexity index is 516. The summed E-state index contributed by atoms with van der Waals surface area (Å²) >= 11 is 0. The fourth-order valence-corrected chi connectivity index (χ4v) is 2.62. The van der Waals surface area contributed by atoms with Crippen LogP contribution in [0.3, 0.4) is 0 Å². The molecule has 2 atom stereocenters. The van der Waals surface area contributed by atoms with E-state index in [0.717, 1.165) is 6.42 Å². The smallest absolute Gasteiger partial charge is 0.275 e. The van der Waals surface area contributed by atoms with Gasteiger partial charge < -0.3 is 14.8 Å². The van der Waals surface area contributed by atoms with Crippen LogP contribution in [-0.4, -0.2) is 31.3 Å². The van der Waals surface area contributed by atoms with Crippen molar-refractivity contribution in [3.63, 3.8) is 0 Å². The summed E-state index contributed by atoms with van der Waals surface area (Å²) in [6.45, 7) is 4.24. The number of rotatable bonds is 5. The van der Waals surface area contributed by atoms with Gasteiger partial charge in [-0.2, -0.15) is 0 Å². The second kappa shape index (κ2) is 5.28. The molecule has 110 valence electrons. The first-order chi connectivity index (χ1) is 9.38. The van der Waals surface area contributed by atoms with E-state index in [9.17, 15) is 10.1 Å². The van der Waals surface area contributed by atoms with Gasteiger partial charge in [0.05, 0.1) is 24.2 Å². The van der Waals surface area contributed by atoms with Crippen molar-refractivity contribution in [3.8, 4) is 5.75 Å². The van der Waals surface area contributed by atoms with Crippen LogP contribution in [0.15, 0.2) is 18.2 Å². The molecule has 0 saturated heterocycles. The highest BCUT2D eigenvalue weighted by Crippen LogP contribution is 2.44. The van der Waals surface area contributed by atoms with Crippen molar-refractivity contribution < 1.29 is 14.4 Å². The molecule has 0 aliphatic heterocycles. The van der Waals surface area contributed by atoms with Gasteiger partial charge in [0.15, 0.2) is 0 Å². The second-order valence-electron chi connectivity index (χ2n) is 5.66. The van der Waals surface area contributed by atoms with Crippen molar-refractivity contribution in [1.29, 1.82) is 0 Å². The van der Waals surface area contributed by atoms with Gasteiger partial charge in [0.2, 0.25) is 0 Å². The molecule has 6 heteroatoms. The molecule has 0 bridgehead atoms. The van der Waals surface area contributed by atoms with E-state index in [4.69, 9.17) is 9.47 Å². The van der Waals surface area contributed by atoms with E-state index in [2.05, 4.69) is 19.2 Å². The Labute approximate surface area is 118 Å². The third kappa shape index (κ3) is 2.56. The van der Waals surface area contributed by atoms with Gasteiger partial charge in [-0.1, -0.05) is 13.8 Å². The highest BCUT2D eigenvalue weighted by atomic mass is 16.6. The number of hydrogen-bond donors (Lipinski definition) is 1. The maximum atomic E-state index is 10.9.